The zero-order chi connectivity index (χ0) is 34.1. The molecule has 0 N–H and O–H groups in total. The topological polar surface area (TPSA) is 74.8 Å². The predicted octanol–water partition coefficient (Wildman–Crippen LogP) is 11.7. The smallest absolute Gasteiger partial charge is 0.165 e. The molecule has 8 aromatic rings. The fourth-order valence-electron chi connectivity index (χ4n) is 6.80. The van der Waals surface area contributed by atoms with Gasteiger partial charge < -0.3 is 0 Å². The largest absolute Gasteiger partial charge is 0.269 e. The Morgan fingerprint density at radius 3 is 1.82 bits per heavy atom. The minimum Gasteiger partial charge on any atom is -0.269 e. The van der Waals surface area contributed by atoms with Crippen molar-refractivity contribution in [1.29, 1.82) is 5.26 Å². The third kappa shape index (κ3) is 5.70. The Labute approximate surface area is 299 Å². The number of hydrogen-bond donors (Lipinski definition) is 0. The van der Waals surface area contributed by atoms with Gasteiger partial charge in [-0.05, 0) is 64.4 Å². The van der Waals surface area contributed by atoms with Gasteiger partial charge in [0, 0.05) is 49.3 Å². The summed E-state index contributed by atoms with van der Waals surface area (Å²) in [5, 5.41) is 12.4. The number of nitrogens with zero attached hydrogens (tertiary/aromatic N) is 5. The van der Waals surface area contributed by atoms with Gasteiger partial charge in [-0.25, -0.2) is 15.0 Å². The fraction of sp³-hybridized carbons (Fsp3) is 0.0444. The van der Waals surface area contributed by atoms with Crippen LogP contribution in [-0.2, 0) is 0 Å². The van der Waals surface area contributed by atoms with E-state index in [-0.39, 0.29) is 0 Å². The van der Waals surface area contributed by atoms with Crippen LogP contribution in [-0.4, -0.2) is 21.2 Å². The number of benzene rings is 6. The van der Waals surface area contributed by atoms with Crippen molar-refractivity contribution in [1.82, 2.24) is 15.0 Å². The second-order valence-corrected chi connectivity index (χ2v) is 13.5. The zero-order valence-corrected chi connectivity index (χ0v) is 28.3. The van der Waals surface area contributed by atoms with Gasteiger partial charge in [-0.2, -0.15) is 5.26 Å². The molecule has 1 aliphatic heterocycles. The predicted molar refractivity (Wildman–Crippen MR) is 210 cm³/mol. The van der Waals surface area contributed by atoms with Crippen LogP contribution >= 0.6 is 11.3 Å². The van der Waals surface area contributed by atoms with Gasteiger partial charge in [0.05, 0.1) is 11.6 Å². The molecule has 9 rings (SSSR count). The number of allylic oxidation sites excluding steroid dienone is 1. The van der Waals surface area contributed by atoms with Crippen LogP contribution in [0, 0.1) is 11.3 Å². The summed E-state index contributed by atoms with van der Waals surface area (Å²) in [5.74, 6) is 1.58. The first-order valence-corrected chi connectivity index (χ1v) is 17.7. The zero-order valence-electron chi connectivity index (χ0n) is 27.5. The van der Waals surface area contributed by atoms with E-state index in [9.17, 15) is 5.26 Å². The number of fused-ring (bicyclic) bond motifs is 3. The van der Waals surface area contributed by atoms with Gasteiger partial charge in [0.25, 0.3) is 0 Å². The summed E-state index contributed by atoms with van der Waals surface area (Å²) in [5.41, 5.74) is 10.2. The molecule has 1 aliphatic rings. The van der Waals surface area contributed by atoms with E-state index < -0.39 is 0 Å². The number of nitriles is 1. The summed E-state index contributed by atoms with van der Waals surface area (Å²) in [4.78, 5) is 19.1. The van der Waals surface area contributed by atoms with Crippen molar-refractivity contribution in [3.05, 3.63) is 157 Å². The first kappa shape index (κ1) is 30.5. The molecule has 240 valence electrons. The summed E-state index contributed by atoms with van der Waals surface area (Å²) in [6, 6.07) is 50.1. The van der Waals surface area contributed by atoms with E-state index >= 15 is 0 Å². The van der Waals surface area contributed by atoms with Crippen molar-refractivity contribution >= 4 is 43.3 Å². The first-order chi connectivity index (χ1) is 25.2. The number of rotatable bonds is 6. The molecule has 0 aliphatic carbocycles. The molecule has 0 saturated heterocycles. The van der Waals surface area contributed by atoms with E-state index in [4.69, 9.17) is 15.0 Å². The van der Waals surface area contributed by atoms with Crippen molar-refractivity contribution in [3.8, 4) is 62.5 Å². The lowest BCUT2D eigenvalue weighted by atomic mass is 9.96. The molecule has 0 spiro atoms. The quantitative estimate of drug-likeness (QED) is 0.176. The molecular weight excluding hydrogens is 643 g/mol. The summed E-state index contributed by atoms with van der Waals surface area (Å²) in [6.45, 7) is 0. The molecule has 3 heterocycles. The standard InChI is InChI=1S/C45H29N5S/c46-27-34-12-4-5-16-38(34)45-49-43(31-10-2-1-3-11-31)48-44(50-45)33-14-6-13-32(26-33)37-18-8-20-40-39-19-7-17-36(41(39)51-42(37)40)30-23-21-29(22-24-30)35-15-9-25-47-28-35/h1-8,10-14,16-26,28H,9,15H2. The van der Waals surface area contributed by atoms with Gasteiger partial charge in [-0.3, -0.25) is 4.99 Å². The number of thiophene rings is 1. The van der Waals surface area contributed by atoms with Crippen LogP contribution in [0.15, 0.2) is 151 Å². The third-order valence-electron chi connectivity index (χ3n) is 9.36. The summed E-state index contributed by atoms with van der Waals surface area (Å²) in [7, 11) is 0. The van der Waals surface area contributed by atoms with Crippen molar-refractivity contribution in [3.63, 3.8) is 0 Å². The highest BCUT2D eigenvalue weighted by Gasteiger charge is 2.17. The maximum absolute atomic E-state index is 9.87. The fourth-order valence-corrected chi connectivity index (χ4v) is 8.17. The molecule has 51 heavy (non-hydrogen) atoms. The molecule has 0 fully saturated rings. The van der Waals surface area contributed by atoms with Crippen LogP contribution in [0.4, 0.5) is 0 Å². The van der Waals surface area contributed by atoms with E-state index in [1.165, 1.54) is 42.4 Å². The molecule has 5 nitrogen and oxygen atoms in total. The third-order valence-corrected chi connectivity index (χ3v) is 10.6. The van der Waals surface area contributed by atoms with Crippen molar-refractivity contribution in [2.45, 2.75) is 12.8 Å². The van der Waals surface area contributed by atoms with Gasteiger partial charge >= 0.3 is 0 Å². The normalized spacial score (nSPS) is 12.6. The second kappa shape index (κ2) is 13.1. The highest BCUT2D eigenvalue weighted by atomic mass is 32.1. The van der Waals surface area contributed by atoms with Crippen LogP contribution in [0.2, 0.25) is 0 Å². The molecule has 6 aromatic carbocycles. The Morgan fingerprint density at radius 2 is 1.10 bits per heavy atom. The Kier molecular flexibility index (Phi) is 7.81. The maximum Gasteiger partial charge on any atom is 0.165 e. The van der Waals surface area contributed by atoms with Gasteiger partial charge in [0.2, 0.25) is 0 Å². The van der Waals surface area contributed by atoms with E-state index in [2.05, 4.69) is 89.9 Å². The van der Waals surface area contributed by atoms with Crippen molar-refractivity contribution in [2.24, 2.45) is 4.99 Å². The lowest BCUT2D eigenvalue weighted by Gasteiger charge is -2.10. The van der Waals surface area contributed by atoms with Gasteiger partial charge in [-0.15, -0.1) is 11.3 Å². The monoisotopic (exact) mass is 671 g/mol. The van der Waals surface area contributed by atoms with Crippen LogP contribution in [0.5, 0.6) is 0 Å². The van der Waals surface area contributed by atoms with Crippen LogP contribution in [0.1, 0.15) is 24.0 Å². The highest BCUT2D eigenvalue weighted by molar-refractivity contribution is 7.26. The van der Waals surface area contributed by atoms with E-state index in [0.717, 1.165) is 35.1 Å². The Balaban J connectivity index is 1.15. The van der Waals surface area contributed by atoms with Gasteiger partial charge in [-0.1, -0.05) is 121 Å². The molecule has 0 bridgehead atoms. The summed E-state index contributed by atoms with van der Waals surface area (Å²) in [6.07, 6.45) is 5.98. The van der Waals surface area contributed by atoms with E-state index in [0.29, 0.717) is 28.6 Å². The Hall–Kier alpha value is -6.55. The number of aliphatic imine (C=N–C) groups is 1. The van der Waals surface area contributed by atoms with Crippen LogP contribution in [0.3, 0.4) is 0 Å². The van der Waals surface area contributed by atoms with E-state index in [1.54, 1.807) is 6.07 Å². The molecule has 0 atom stereocenters. The van der Waals surface area contributed by atoms with E-state index in [1.807, 2.05) is 78.3 Å². The summed E-state index contributed by atoms with van der Waals surface area (Å²) < 4.78 is 2.51. The number of hydrogen-bond acceptors (Lipinski definition) is 6. The first-order valence-electron chi connectivity index (χ1n) is 16.9. The highest BCUT2D eigenvalue weighted by Crippen LogP contribution is 2.44. The lowest BCUT2D eigenvalue weighted by molar-refractivity contribution is 1.07. The minimum absolute atomic E-state index is 0.470. The molecular formula is C45H29N5S. The average molecular weight is 672 g/mol. The SMILES string of the molecule is N#Cc1ccccc1-c1nc(-c2ccccc2)nc(-c2cccc(-c3cccc4c3sc3c(-c5ccc(C6=CN=CCC6)cc5)cccc34)c2)n1. The maximum atomic E-state index is 9.87. The Morgan fingerprint density at radius 1 is 0.510 bits per heavy atom. The molecule has 0 saturated carbocycles. The van der Waals surface area contributed by atoms with Crippen LogP contribution < -0.4 is 0 Å². The van der Waals surface area contributed by atoms with Gasteiger partial charge in [0.1, 0.15) is 0 Å². The average Bonchev–Trinajstić information content (AvgIpc) is 3.61. The molecule has 2 aromatic heterocycles. The molecule has 6 heteroatoms. The lowest BCUT2D eigenvalue weighted by Crippen LogP contribution is -2.01. The molecule has 0 radical (unpaired) electrons. The minimum atomic E-state index is 0.470. The molecule has 0 amide bonds. The second-order valence-electron chi connectivity index (χ2n) is 12.5. The van der Waals surface area contributed by atoms with Crippen LogP contribution in [0.25, 0.3) is 82.2 Å². The van der Waals surface area contributed by atoms with Crippen molar-refractivity contribution < 1.29 is 0 Å². The van der Waals surface area contributed by atoms with Gasteiger partial charge in [0.15, 0.2) is 17.5 Å². The summed E-state index contributed by atoms with van der Waals surface area (Å²) >= 11 is 1.84. The Bertz CT molecular complexity index is 2700. The molecule has 0 unspecified atom stereocenters. The number of aromatic nitrogens is 3. The van der Waals surface area contributed by atoms with Crippen molar-refractivity contribution in [2.75, 3.05) is 0 Å².